The molecule has 9 heteroatoms. The quantitative estimate of drug-likeness (QED) is 0.266. The molecule has 8 nitrogen and oxygen atoms in total. The largest absolute Gasteiger partial charge is 0.495 e. The van der Waals surface area contributed by atoms with Gasteiger partial charge in [-0.25, -0.2) is 4.98 Å². The van der Waals surface area contributed by atoms with E-state index in [2.05, 4.69) is 27.9 Å². The summed E-state index contributed by atoms with van der Waals surface area (Å²) in [6.07, 6.45) is 6.08. The molecule has 1 atom stereocenters. The molecule has 2 aromatic carbocycles. The molecule has 1 amide bonds. The molecule has 3 heterocycles. The summed E-state index contributed by atoms with van der Waals surface area (Å²) in [7, 11) is 1.59. The fourth-order valence-electron chi connectivity index (χ4n) is 6.74. The standard InChI is InChI=1S/C32H37ClN4O4/c1-19-31(20(2)41-35-19)21-8-10-27-26(16-21)34-29(37(27)22-12-14-32(3,39)15-13-22)18-23-6-5-7-30(38)36(23)24-9-11-28(40-4)25(33)17-24/h8-11,16-17,22-23,39H,5-7,12-15,18H2,1-4H3/t22-,23-,32+/m0/s1. The number of aryl methyl sites for hydroxylation is 2. The summed E-state index contributed by atoms with van der Waals surface area (Å²) in [5.41, 5.74) is 5.01. The summed E-state index contributed by atoms with van der Waals surface area (Å²) >= 11 is 6.48. The highest BCUT2D eigenvalue weighted by molar-refractivity contribution is 6.32. The van der Waals surface area contributed by atoms with Gasteiger partial charge in [-0.2, -0.15) is 0 Å². The number of carbonyl (C=O) groups excluding carboxylic acids is 1. The van der Waals surface area contributed by atoms with E-state index in [4.69, 9.17) is 25.8 Å². The molecule has 2 fully saturated rings. The van der Waals surface area contributed by atoms with Gasteiger partial charge in [-0.3, -0.25) is 4.79 Å². The van der Waals surface area contributed by atoms with E-state index in [1.807, 2.05) is 43.9 Å². The summed E-state index contributed by atoms with van der Waals surface area (Å²) in [5, 5.41) is 15.3. The lowest BCUT2D eigenvalue weighted by molar-refractivity contribution is -0.120. The molecule has 0 bridgehead atoms. The maximum Gasteiger partial charge on any atom is 0.227 e. The maximum atomic E-state index is 13.3. The van der Waals surface area contributed by atoms with Gasteiger partial charge in [-0.15, -0.1) is 0 Å². The summed E-state index contributed by atoms with van der Waals surface area (Å²) < 4.78 is 13.2. The Bertz CT molecular complexity index is 1580. The Labute approximate surface area is 245 Å². The number of halogens is 1. The SMILES string of the molecule is COc1ccc(N2C(=O)CCC[C@H]2Cc2nc3cc(-c4c(C)noc4C)ccc3n2[C@H]2CC[C@@](C)(O)CC2)cc1Cl. The molecule has 41 heavy (non-hydrogen) atoms. The Hall–Kier alpha value is -3.36. The zero-order valence-corrected chi connectivity index (χ0v) is 24.9. The molecule has 1 saturated heterocycles. The molecule has 2 aliphatic rings. The molecular weight excluding hydrogens is 540 g/mol. The van der Waals surface area contributed by atoms with Crippen LogP contribution in [0.25, 0.3) is 22.2 Å². The van der Waals surface area contributed by atoms with E-state index in [-0.39, 0.29) is 18.0 Å². The van der Waals surface area contributed by atoms with Crippen molar-refractivity contribution in [3.8, 4) is 16.9 Å². The van der Waals surface area contributed by atoms with Crippen molar-refractivity contribution in [2.75, 3.05) is 12.0 Å². The van der Waals surface area contributed by atoms with Crippen molar-refractivity contribution in [3.05, 3.63) is 58.7 Å². The third-order valence-corrected chi connectivity index (χ3v) is 9.17. The lowest BCUT2D eigenvalue weighted by atomic mass is 9.83. The summed E-state index contributed by atoms with van der Waals surface area (Å²) in [4.78, 5) is 20.4. The van der Waals surface area contributed by atoms with Gasteiger partial charge in [0.05, 0.1) is 34.5 Å². The molecule has 4 aromatic rings. The number of carbonyl (C=O) groups is 1. The van der Waals surface area contributed by atoms with Crippen LogP contribution in [0.2, 0.25) is 5.02 Å². The number of hydrogen-bond donors (Lipinski definition) is 1. The predicted octanol–water partition coefficient (Wildman–Crippen LogP) is 6.96. The van der Waals surface area contributed by atoms with Crippen molar-refractivity contribution in [2.45, 2.75) is 89.8 Å². The first-order valence-corrected chi connectivity index (χ1v) is 14.8. The van der Waals surface area contributed by atoms with Crippen LogP contribution >= 0.6 is 11.6 Å². The average Bonchev–Trinajstić information content (AvgIpc) is 3.46. The van der Waals surface area contributed by atoms with Crippen molar-refractivity contribution in [3.63, 3.8) is 0 Å². The number of imidazole rings is 1. The van der Waals surface area contributed by atoms with Crippen LogP contribution < -0.4 is 9.64 Å². The first kappa shape index (κ1) is 27.8. The topological polar surface area (TPSA) is 93.6 Å². The lowest BCUT2D eigenvalue weighted by Gasteiger charge is -2.37. The first-order valence-electron chi connectivity index (χ1n) is 14.5. The van der Waals surface area contributed by atoms with Crippen LogP contribution in [0.4, 0.5) is 5.69 Å². The fraction of sp³-hybridized carbons (Fsp3) is 0.469. The molecule has 1 saturated carbocycles. The molecule has 216 valence electrons. The van der Waals surface area contributed by atoms with Gasteiger partial charge in [0.15, 0.2) is 0 Å². The Morgan fingerprint density at radius 1 is 1.15 bits per heavy atom. The highest BCUT2D eigenvalue weighted by Crippen LogP contribution is 2.40. The van der Waals surface area contributed by atoms with Gasteiger partial charge in [-0.05, 0) is 95.2 Å². The van der Waals surface area contributed by atoms with Gasteiger partial charge in [0.2, 0.25) is 5.91 Å². The molecule has 1 aliphatic carbocycles. The van der Waals surface area contributed by atoms with Crippen LogP contribution in [-0.2, 0) is 11.2 Å². The molecule has 0 radical (unpaired) electrons. The van der Waals surface area contributed by atoms with E-state index in [0.29, 0.717) is 23.6 Å². The van der Waals surface area contributed by atoms with Crippen molar-refractivity contribution < 1.29 is 19.2 Å². The normalized spacial score (nSPS) is 23.4. The molecule has 1 aliphatic heterocycles. The van der Waals surface area contributed by atoms with E-state index in [1.165, 1.54) is 0 Å². The van der Waals surface area contributed by atoms with Crippen molar-refractivity contribution >= 4 is 34.2 Å². The number of aliphatic hydroxyl groups is 1. The minimum Gasteiger partial charge on any atom is -0.495 e. The summed E-state index contributed by atoms with van der Waals surface area (Å²) in [5.74, 6) is 2.43. The molecule has 0 unspecified atom stereocenters. The van der Waals surface area contributed by atoms with E-state index >= 15 is 0 Å². The second kappa shape index (κ2) is 10.8. The number of anilines is 1. The molecule has 1 N–H and O–H groups in total. The highest BCUT2D eigenvalue weighted by Gasteiger charge is 2.35. The second-order valence-electron chi connectivity index (χ2n) is 11.9. The number of aromatic nitrogens is 3. The van der Waals surface area contributed by atoms with E-state index < -0.39 is 5.60 Å². The number of ether oxygens (including phenoxy) is 1. The minimum absolute atomic E-state index is 0.0509. The Balaban J connectivity index is 1.41. The number of fused-ring (bicyclic) bond motifs is 1. The van der Waals surface area contributed by atoms with Crippen LogP contribution in [0, 0.1) is 13.8 Å². The van der Waals surface area contributed by atoms with Gasteiger partial charge in [0, 0.05) is 36.2 Å². The van der Waals surface area contributed by atoms with Crippen molar-refractivity contribution in [1.82, 2.24) is 14.7 Å². The van der Waals surface area contributed by atoms with Crippen LogP contribution in [0.5, 0.6) is 5.75 Å². The summed E-state index contributed by atoms with van der Waals surface area (Å²) in [6.45, 7) is 5.81. The zero-order valence-electron chi connectivity index (χ0n) is 24.1. The smallest absolute Gasteiger partial charge is 0.227 e. The van der Waals surface area contributed by atoms with Crippen LogP contribution in [0.1, 0.15) is 75.2 Å². The zero-order chi connectivity index (χ0) is 28.9. The number of methoxy groups -OCH3 is 1. The number of rotatable bonds is 6. The molecule has 6 rings (SSSR count). The van der Waals surface area contributed by atoms with Crippen LogP contribution in [0.15, 0.2) is 40.9 Å². The number of benzene rings is 2. The molecule has 0 spiro atoms. The van der Waals surface area contributed by atoms with Gasteiger partial charge in [-0.1, -0.05) is 22.8 Å². The van der Waals surface area contributed by atoms with Gasteiger partial charge in [0.25, 0.3) is 0 Å². The van der Waals surface area contributed by atoms with Gasteiger partial charge < -0.3 is 23.8 Å². The van der Waals surface area contributed by atoms with E-state index in [0.717, 1.165) is 83.7 Å². The number of hydrogen-bond acceptors (Lipinski definition) is 6. The number of nitrogens with zero attached hydrogens (tertiary/aromatic N) is 4. The van der Waals surface area contributed by atoms with E-state index in [9.17, 15) is 9.90 Å². The predicted molar refractivity (Wildman–Crippen MR) is 160 cm³/mol. The van der Waals surface area contributed by atoms with E-state index in [1.54, 1.807) is 7.11 Å². The van der Waals surface area contributed by atoms with Crippen molar-refractivity contribution in [1.29, 1.82) is 0 Å². The molecule has 2 aromatic heterocycles. The lowest BCUT2D eigenvalue weighted by Crippen LogP contribution is -2.45. The monoisotopic (exact) mass is 576 g/mol. The van der Waals surface area contributed by atoms with Crippen molar-refractivity contribution in [2.24, 2.45) is 0 Å². The third kappa shape index (κ3) is 5.24. The van der Waals surface area contributed by atoms with Gasteiger partial charge >= 0.3 is 0 Å². The Kier molecular flexibility index (Phi) is 7.32. The van der Waals surface area contributed by atoms with Gasteiger partial charge in [0.1, 0.15) is 17.3 Å². The average molecular weight is 577 g/mol. The maximum absolute atomic E-state index is 13.3. The molecular formula is C32H37ClN4O4. The van der Waals surface area contributed by atoms with Crippen LogP contribution in [0.3, 0.4) is 0 Å². The summed E-state index contributed by atoms with van der Waals surface area (Å²) in [6, 6.07) is 12.1. The second-order valence-corrected chi connectivity index (χ2v) is 12.3. The first-order chi connectivity index (χ1) is 19.6. The fourth-order valence-corrected chi connectivity index (χ4v) is 6.99. The minimum atomic E-state index is -0.635. The number of piperidine rings is 1. The third-order valence-electron chi connectivity index (χ3n) is 8.88. The Morgan fingerprint density at radius 2 is 1.93 bits per heavy atom. The Morgan fingerprint density at radius 3 is 2.61 bits per heavy atom. The number of amides is 1. The van der Waals surface area contributed by atoms with Crippen LogP contribution in [-0.4, -0.2) is 44.5 Å². The highest BCUT2D eigenvalue weighted by atomic mass is 35.5.